The first kappa shape index (κ1) is 21.9. The first-order valence-corrected chi connectivity index (χ1v) is 9.93. The van der Waals surface area contributed by atoms with E-state index in [0.717, 1.165) is 5.56 Å². The predicted molar refractivity (Wildman–Crippen MR) is 117 cm³/mol. The number of fused-ring (bicyclic) bond motifs is 1. The molecule has 2 aromatic carbocycles. The molecule has 1 aliphatic heterocycles. The Morgan fingerprint density at radius 2 is 1.94 bits per heavy atom. The summed E-state index contributed by atoms with van der Waals surface area (Å²) >= 11 is 0. The van der Waals surface area contributed by atoms with E-state index in [1.807, 2.05) is 30.3 Å². The average Bonchev–Trinajstić information content (AvgIpc) is 2.88. The molecule has 162 valence electrons. The number of methoxy groups -OCH3 is 1. The Morgan fingerprint density at radius 3 is 2.71 bits per heavy atom. The third kappa shape index (κ3) is 5.85. The van der Waals surface area contributed by atoms with Crippen molar-refractivity contribution in [2.24, 2.45) is 0 Å². The lowest BCUT2D eigenvalue weighted by Crippen LogP contribution is -2.39. The lowest BCUT2D eigenvalue weighted by Gasteiger charge is -2.21. The Kier molecular flexibility index (Phi) is 7.26. The number of benzene rings is 2. The molecule has 31 heavy (non-hydrogen) atoms. The summed E-state index contributed by atoms with van der Waals surface area (Å²) in [5.41, 5.74) is 2.48. The molecule has 8 nitrogen and oxygen atoms in total. The lowest BCUT2D eigenvalue weighted by molar-refractivity contribution is -0.142. The molecule has 0 aromatic heterocycles. The minimum Gasteiger partial charge on any atom is -0.497 e. The van der Waals surface area contributed by atoms with Gasteiger partial charge in [0.25, 0.3) is 5.91 Å². The lowest BCUT2D eigenvalue weighted by atomic mass is 10.2. The van der Waals surface area contributed by atoms with Gasteiger partial charge >= 0.3 is 5.97 Å². The van der Waals surface area contributed by atoms with Crippen molar-refractivity contribution in [1.82, 2.24) is 5.32 Å². The summed E-state index contributed by atoms with van der Waals surface area (Å²) in [4.78, 5) is 38.7. The zero-order chi connectivity index (χ0) is 22.2. The van der Waals surface area contributed by atoms with Crippen LogP contribution in [0.1, 0.15) is 18.9 Å². The molecule has 0 unspecified atom stereocenters. The van der Waals surface area contributed by atoms with Gasteiger partial charge < -0.3 is 20.1 Å². The molecular formula is C23H25N3O5. The molecule has 0 bridgehead atoms. The number of amides is 2. The zero-order valence-electron chi connectivity index (χ0n) is 17.5. The third-order valence-corrected chi connectivity index (χ3v) is 4.62. The van der Waals surface area contributed by atoms with Crippen LogP contribution in [0.5, 0.6) is 5.75 Å². The van der Waals surface area contributed by atoms with E-state index in [-0.39, 0.29) is 25.5 Å². The van der Waals surface area contributed by atoms with Gasteiger partial charge in [0.15, 0.2) is 0 Å². The first-order valence-electron chi connectivity index (χ1n) is 9.93. The highest BCUT2D eigenvalue weighted by atomic mass is 16.5. The maximum absolute atomic E-state index is 12.9. The standard InChI is InChI=1S/C23H25N3O5/c1-3-31-23(29)13-17-12-22(28)26(20-10-5-4-9-19(20)25-17)15-21(27)24-14-16-7-6-8-18(11-16)30-2/h4-12,25H,3,13-15H2,1-2H3,(H,24,27). The van der Waals surface area contributed by atoms with Crippen LogP contribution < -0.4 is 20.3 Å². The fourth-order valence-corrected chi connectivity index (χ4v) is 3.18. The molecule has 3 rings (SSSR count). The van der Waals surface area contributed by atoms with Gasteiger partial charge in [-0.25, -0.2) is 0 Å². The zero-order valence-corrected chi connectivity index (χ0v) is 17.5. The van der Waals surface area contributed by atoms with E-state index in [1.54, 1.807) is 32.2 Å². The fourth-order valence-electron chi connectivity index (χ4n) is 3.18. The smallest absolute Gasteiger partial charge is 0.311 e. The molecule has 0 fully saturated rings. The van der Waals surface area contributed by atoms with Gasteiger partial charge in [0.1, 0.15) is 12.3 Å². The Morgan fingerprint density at radius 1 is 1.13 bits per heavy atom. The van der Waals surface area contributed by atoms with Crippen molar-refractivity contribution in [1.29, 1.82) is 0 Å². The van der Waals surface area contributed by atoms with Gasteiger partial charge in [-0.3, -0.25) is 19.3 Å². The third-order valence-electron chi connectivity index (χ3n) is 4.62. The van der Waals surface area contributed by atoms with E-state index in [9.17, 15) is 14.4 Å². The van der Waals surface area contributed by atoms with E-state index in [2.05, 4.69) is 10.6 Å². The summed E-state index contributed by atoms with van der Waals surface area (Å²) < 4.78 is 10.2. The van der Waals surface area contributed by atoms with Gasteiger partial charge in [0.05, 0.1) is 31.5 Å². The Labute approximate surface area is 180 Å². The summed E-state index contributed by atoms with van der Waals surface area (Å²) in [6.45, 7) is 2.13. The van der Waals surface area contributed by atoms with Crippen molar-refractivity contribution < 1.29 is 23.9 Å². The molecule has 0 radical (unpaired) electrons. The van der Waals surface area contributed by atoms with Crippen LogP contribution >= 0.6 is 0 Å². The summed E-state index contributed by atoms with van der Waals surface area (Å²) in [6, 6.07) is 14.5. The topological polar surface area (TPSA) is 97.0 Å². The van der Waals surface area contributed by atoms with Crippen LogP contribution in [-0.2, 0) is 25.7 Å². The second-order valence-corrected chi connectivity index (χ2v) is 6.85. The monoisotopic (exact) mass is 423 g/mol. The maximum Gasteiger partial charge on any atom is 0.311 e. The molecular weight excluding hydrogens is 398 g/mol. The number of nitrogens with one attached hydrogen (secondary N) is 2. The number of carbonyl (C=O) groups is 3. The van der Waals surface area contributed by atoms with Gasteiger partial charge in [-0.15, -0.1) is 0 Å². The first-order chi connectivity index (χ1) is 15.0. The number of carbonyl (C=O) groups excluding carboxylic acids is 3. The van der Waals surface area contributed by atoms with Crippen molar-refractivity contribution in [3.63, 3.8) is 0 Å². The quantitative estimate of drug-likeness (QED) is 0.634. The summed E-state index contributed by atoms with van der Waals surface area (Å²) in [5.74, 6) is -0.439. The van der Waals surface area contributed by atoms with E-state index < -0.39 is 11.9 Å². The fraction of sp³-hybridized carbons (Fsp3) is 0.261. The van der Waals surface area contributed by atoms with Crippen LogP contribution in [0, 0.1) is 0 Å². The van der Waals surface area contributed by atoms with Gasteiger partial charge in [-0.1, -0.05) is 24.3 Å². The highest BCUT2D eigenvalue weighted by Gasteiger charge is 2.25. The van der Waals surface area contributed by atoms with E-state index in [4.69, 9.17) is 9.47 Å². The number of anilines is 2. The normalized spacial score (nSPS) is 12.8. The van der Waals surface area contributed by atoms with Crippen molar-refractivity contribution in [3.05, 3.63) is 65.9 Å². The number of para-hydroxylation sites is 2. The molecule has 2 amide bonds. The van der Waals surface area contributed by atoms with Crippen LogP contribution in [0.2, 0.25) is 0 Å². The van der Waals surface area contributed by atoms with Gasteiger partial charge in [-0.2, -0.15) is 0 Å². The van der Waals surface area contributed by atoms with Crippen LogP contribution in [0.25, 0.3) is 0 Å². The Balaban J connectivity index is 1.73. The molecule has 1 aliphatic rings. The summed E-state index contributed by atoms with van der Waals surface area (Å²) in [5, 5.41) is 5.93. The van der Waals surface area contributed by atoms with E-state index in [1.165, 1.54) is 11.0 Å². The molecule has 0 spiro atoms. The van der Waals surface area contributed by atoms with Crippen LogP contribution in [0.3, 0.4) is 0 Å². The summed E-state index contributed by atoms with van der Waals surface area (Å²) in [7, 11) is 1.58. The average molecular weight is 423 g/mol. The van der Waals surface area contributed by atoms with Crippen molar-refractivity contribution in [3.8, 4) is 5.75 Å². The molecule has 0 aliphatic carbocycles. The van der Waals surface area contributed by atoms with Crippen LogP contribution in [0.15, 0.2) is 60.3 Å². The van der Waals surface area contributed by atoms with E-state index >= 15 is 0 Å². The second kappa shape index (κ2) is 10.3. The van der Waals surface area contributed by atoms with Crippen LogP contribution in [0.4, 0.5) is 11.4 Å². The number of hydrogen-bond donors (Lipinski definition) is 2. The van der Waals surface area contributed by atoms with Gasteiger partial charge in [0.2, 0.25) is 5.91 Å². The largest absolute Gasteiger partial charge is 0.497 e. The molecule has 1 heterocycles. The number of rotatable bonds is 8. The molecule has 0 saturated carbocycles. The molecule has 0 saturated heterocycles. The van der Waals surface area contributed by atoms with Crippen molar-refractivity contribution in [2.45, 2.75) is 19.9 Å². The summed E-state index contributed by atoms with van der Waals surface area (Å²) in [6.07, 6.45) is 1.26. The van der Waals surface area contributed by atoms with E-state index in [0.29, 0.717) is 29.4 Å². The minimum absolute atomic E-state index is 0.0657. The maximum atomic E-state index is 12.9. The molecule has 0 atom stereocenters. The predicted octanol–water partition coefficient (Wildman–Crippen LogP) is 2.61. The van der Waals surface area contributed by atoms with Gasteiger partial charge in [-0.05, 0) is 36.8 Å². The molecule has 8 heteroatoms. The van der Waals surface area contributed by atoms with Gasteiger partial charge in [0, 0.05) is 18.3 Å². The highest BCUT2D eigenvalue weighted by molar-refractivity contribution is 6.09. The minimum atomic E-state index is -0.434. The number of hydrogen-bond acceptors (Lipinski definition) is 6. The SMILES string of the molecule is CCOC(=O)CC1=CC(=O)N(CC(=O)NCc2cccc(OC)c2)c2ccccc2N1. The van der Waals surface area contributed by atoms with Crippen LogP contribution in [-0.4, -0.2) is 38.0 Å². The molecule has 2 N–H and O–H groups in total. The molecule has 2 aromatic rings. The highest BCUT2D eigenvalue weighted by Crippen LogP contribution is 2.30. The Hall–Kier alpha value is -3.81. The second-order valence-electron chi connectivity index (χ2n) is 6.85. The number of ether oxygens (including phenoxy) is 2. The Bertz CT molecular complexity index is 1000. The number of nitrogens with zero attached hydrogens (tertiary/aromatic N) is 1. The van der Waals surface area contributed by atoms with Crippen molar-refractivity contribution >= 4 is 29.2 Å². The number of esters is 1. The van der Waals surface area contributed by atoms with Crippen molar-refractivity contribution in [2.75, 3.05) is 30.5 Å².